The molecule has 2 N–H and O–H groups in total. The monoisotopic (exact) mass is 572 g/mol. The molecule has 1 saturated heterocycles. The Morgan fingerprint density at radius 3 is 2.03 bits per heavy atom. The first-order valence-electron chi connectivity index (χ1n) is 11.2. The normalized spacial score (nSPS) is 14.9. The number of thiocarbonyl (C=S) groups is 1. The lowest BCUT2D eigenvalue weighted by Gasteiger charge is -2.24. The molecule has 4 rings (SSSR count). The second-order valence-electron chi connectivity index (χ2n) is 8.12. The van der Waals surface area contributed by atoms with Crippen LogP contribution in [0.15, 0.2) is 66.7 Å². The molecular weight excluding hydrogens is 551 g/mol. The van der Waals surface area contributed by atoms with Gasteiger partial charge in [-0.05, 0) is 78.9 Å². The number of anilines is 2. The summed E-state index contributed by atoms with van der Waals surface area (Å²) in [6.45, 7) is 0. The molecule has 3 aromatic rings. The molecule has 0 radical (unpaired) electrons. The van der Waals surface area contributed by atoms with Gasteiger partial charge in [0.25, 0.3) is 11.8 Å². The summed E-state index contributed by atoms with van der Waals surface area (Å²) < 4.78 is 10.3. The number of nitrogens with one attached hydrogen (secondary N) is 2. The van der Waals surface area contributed by atoms with Gasteiger partial charge in [-0.2, -0.15) is 0 Å². The summed E-state index contributed by atoms with van der Waals surface area (Å²) in [6, 6.07) is 16.5. The predicted molar refractivity (Wildman–Crippen MR) is 149 cm³/mol. The lowest BCUT2D eigenvalue weighted by molar-refractivity contribution is -0.124. The zero-order chi connectivity index (χ0) is 27.4. The van der Waals surface area contributed by atoms with Crippen molar-refractivity contribution in [3.8, 4) is 11.5 Å². The number of benzene rings is 3. The lowest BCUT2D eigenvalue weighted by Crippen LogP contribution is -2.49. The minimum atomic E-state index is -1.12. The quantitative estimate of drug-likeness (QED) is 0.378. The zero-order valence-corrected chi connectivity index (χ0v) is 22.6. The molecule has 12 heteroatoms. The Balaban J connectivity index is 1.60. The van der Waals surface area contributed by atoms with Crippen molar-refractivity contribution < 1.29 is 23.9 Å². The van der Waals surface area contributed by atoms with E-state index in [1.807, 2.05) is 0 Å². The van der Waals surface area contributed by atoms with Gasteiger partial charge in [-0.15, -0.1) is 0 Å². The molecule has 1 heterocycles. The Morgan fingerprint density at radius 2 is 1.47 bits per heavy atom. The fraction of sp³-hybridized carbons (Fsp3) is 0.154. The summed E-state index contributed by atoms with van der Waals surface area (Å²) in [6.07, 6.45) is -0.321. The molecule has 1 fully saturated rings. The smallest absolute Gasteiger partial charge is 0.269 e. The fourth-order valence-corrected chi connectivity index (χ4v) is 4.69. The Hall–Kier alpha value is -3.86. The number of rotatable bonds is 8. The van der Waals surface area contributed by atoms with Gasteiger partial charge in [-0.3, -0.25) is 24.7 Å². The molecule has 3 amide bonds. The molecule has 38 heavy (non-hydrogen) atoms. The molecular formula is C26H22Cl2N4O5S. The fourth-order valence-electron chi connectivity index (χ4n) is 3.80. The van der Waals surface area contributed by atoms with Gasteiger partial charge in [0.1, 0.15) is 17.5 Å². The lowest BCUT2D eigenvalue weighted by atomic mass is 10.1. The second-order valence-corrected chi connectivity index (χ2v) is 9.36. The Morgan fingerprint density at radius 1 is 0.921 bits per heavy atom. The van der Waals surface area contributed by atoms with Crippen LogP contribution in [0, 0.1) is 0 Å². The average Bonchev–Trinajstić information content (AvgIpc) is 3.11. The molecule has 1 atom stereocenters. The maximum atomic E-state index is 13.6. The van der Waals surface area contributed by atoms with Gasteiger partial charge in [0.15, 0.2) is 0 Å². The van der Waals surface area contributed by atoms with Crippen molar-refractivity contribution in [2.24, 2.45) is 0 Å². The molecule has 0 aliphatic carbocycles. The highest BCUT2D eigenvalue weighted by Crippen LogP contribution is 2.29. The minimum Gasteiger partial charge on any atom is -0.497 e. The van der Waals surface area contributed by atoms with Gasteiger partial charge in [-0.1, -0.05) is 23.2 Å². The molecule has 1 unspecified atom stereocenters. The largest absolute Gasteiger partial charge is 0.497 e. The third-order valence-electron chi connectivity index (χ3n) is 5.64. The minimum absolute atomic E-state index is 0.00521. The van der Waals surface area contributed by atoms with Crippen LogP contribution in [0.4, 0.5) is 11.4 Å². The Kier molecular flexibility index (Phi) is 8.35. The van der Waals surface area contributed by atoms with E-state index < -0.39 is 23.8 Å². The van der Waals surface area contributed by atoms with Crippen LogP contribution in [0.2, 0.25) is 10.0 Å². The highest BCUT2D eigenvalue weighted by Gasteiger charge is 2.45. The van der Waals surface area contributed by atoms with Gasteiger partial charge in [0, 0.05) is 21.3 Å². The highest BCUT2D eigenvalue weighted by molar-refractivity contribution is 7.80. The van der Waals surface area contributed by atoms with Crippen LogP contribution < -0.4 is 25.1 Å². The summed E-state index contributed by atoms with van der Waals surface area (Å²) in [5.74, 6) is -0.354. The number of methoxy groups -OCH3 is 2. The molecule has 1 aliphatic rings. The predicted octanol–water partition coefficient (Wildman–Crippen LogP) is 4.69. The molecule has 0 spiro atoms. The van der Waals surface area contributed by atoms with Gasteiger partial charge in [0.2, 0.25) is 11.0 Å². The average molecular weight is 573 g/mol. The maximum Gasteiger partial charge on any atom is 0.269 e. The van der Waals surface area contributed by atoms with Crippen molar-refractivity contribution in [2.75, 3.05) is 24.4 Å². The van der Waals surface area contributed by atoms with Crippen LogP contribution >= 0.6 is 35.4 Å². The van der Waals surface area contributed by atoms with E-state index in [0.717, 1.165) is 0 Å². The standard InChI is InChI=1S/C26H22Cl2N4O5S/c1-36-20-7-3-15(4-8-20)24(34)30-32-22(14-23(33)29-18-12-16(27)11-17(28)13-18)25(35)31(26(32)38)19-5-9-21(37-2)10-6-19/h3-13,22H,14H2,1-2H3,(H,29,33)(H,30,34). The van der Waals surface area contributed by atoms with E-state index in [0.29, 0.717) is 38.5 Å². The van der Waals surface area contributed by atoms with E-state index in [-0.39, 0.29) is 11.5 Å². The van der Waals surface area contributed by atoms with Crippen LogP contribution in [-0.4, -0.2) is 48.1 Å². The molecule has 0 aromatic heterocycles. The number of hydrogen-bond donors (Lipinski definition) is 2. The van der Waals surface area contributed by atoms with E-state index >= 15 is 0 Å². The summed E-state index contributed by atoms with van der Waals surface area (Å²) in [5.41, 5.74) is 3.80. The Labute approximate surface area is 234 Å². The van der Waals surface area contributed by atoms with E-state index in [4.69, 9.17) is 44.9 Å². The SMILES string of the molecule is COc1ccc(C(=O)NN2C(=S)N(c3ccc(OC)cc3)C(=O)C2CC(=O)Nc2cc(Cl)cc(Cl)c2)cc1. The summed E-state index contributed by atoms with van der Waals surface area (Å²) in [7, 11) is 3.04. The number of hydrazine groups is 1. The number of carbonyl (C=O) groups is 3. The van der Waals surface area contributed by atoms with Crippen LogP contribution in [0.5, 0.6) is 11.5 Å². The van der Waals surface area contributed by atoms with Gasteiger partial charge >= 0.3 is 0 Å². The van der Waals surface area contributed by atoms with Gasteiger partial charge in [-0.25, -0.2) is 5.01 Å². The van der Waals surface area contributed by atoms with Gasteiger partial charge in [0.05, 0.1) is 26.3 Å². The molecule has 9 nitrogen and oxygen atoms in total. The highest BCUT2D eigenvalue weighted by atomic mass is 35.5. The van der Waals surface area contributed by atoms with E-state index in [9.17, 15) is 14.4 Å². The second kappa shape index (κ2) is 11.7. The third-order valence-corrected chi connectivity index (χ3v) is 6.46. The number of ether oxygens (including phenoxy) is 2. The first kappa shape index (κ1) is 27.2. The number of amides is 3. The number of carbonyl (C=O) groups excluding carboxylic acids is 3. The third kappa shape index (κ3) is 5.99. The molecule has 1 aliphatic heterocycles. The van der Waals surface area contributed by atoms with Crippen LogP contribution in [0.3, 0.4) is 0 Å². The van der Waals surface area contributed by atoms with Crippen molar-refractivity contribution in [3.05, 3.63) is 82.3 Å². The van der Waals surface area contributed by atoms with Crippen LogP contribution in [0.25, 0.3) is 0 Å². The van der Waals surface area contributed by atoms with Crippen molar-refractivity contribution in [2.45, 2.75) is 12.5 Å². The van der Waals surface area contributed by atoms with Crippen LogP contribution in [0.1, 0.15) is 16.8 Å². The van der Waals surface area contributed by atoms with E-state index in [2.05, 4.69) is 10.7 Å². The van der Waals surface area contributed by atoms with Crippen molar-refractivity contribution >= 4 is 69.6 Å². The first-order valence-corrected chi connectivity index (χ1v) is 12.4. The topological polar surface area (TPSA) is 100 Å². The molecule has 3 aromatic carbocycles. The molecule has 196 valence electrons. The summed E-state index contributed by atoms with van der Waals surface area (Å²) in [5, 5.41) is 4.58. The molecule has 0 bridgehead atoms. The zero-order valence-electron chi connectivity index (χ0n) is 20.2. The van der Waals surface area contributed by atoms with Crippen molar-refractivity contribution in [1.29, 1.82) is 0 Å². The van der Waals surface area contributed by atoms with Crippen molar-refractivity contribution in [3.63, 3.8) is 0 Å². The van der Waals surface area contributed by atoms with Gasteiger partial charge < -0.3 is 14.8 Å². The summed E-state index contributed by atoms with van der Waals surface area (Å²) in [4.78, 5) is 40.8. The van der Waals surface area contributed by atoms with Crippen molar-refractivity contribution in [1.82, 2.24) is 10.4 Å². The maximum absolute atomic E-state index is 13.6. The Bertz CT molecular complexity index is 1370. The van der Waals surface area contributed by atoms with E-state index in [1.54, 1.807) is 48.5 Å². The first-order chi connectivity index (χ1) is 18.2. The number of halogens is 2. The number of hydrogen-bond acceptors (Lipinski definition) is 6. The number of nitrogens with zero attached hydrogens (tertiary/aromatic N) is 2. The molecule has 0 saturated carbocycles. The van der Waals surface area contributed by atoms with E-state index in [1.165, 1.54) is 42.3 Å². The summed E-state index contributed by atoms with van der Waals surface area (Å²) >= 11 is 17.6. The van der Waals surface area contributed by atoms with Crippen LogP contribution in [-0.2, 0) is 9.59 Å².